The van der Waals surface area contributed by atoms with Crippen LogP contribution in [0.5, 0.6) is 0 Å². The number of phosphoric ester groups is 1. The van der Waals surface area contributed by atoms with Crippen LogP contribution in [0.2, 0.25) is 0 Å². The molecule has 0 radical (unpaired) electrons. The molecule has 404 valence electrons. The number of amides is 1. The van der Waals surface area contributed by atoms with Gasteiger partial charge in [0.05, 0.1) is 33.8 Å². The number of quaternary nitrogens is 1. The fourth-order valence-corrected chi connectivity index (χ4v) is 8.94. The Kier molecular flexibility index (Phi) is 48.1. The second kappa shape index (κ2) is 49.5. The zero-order chi connectivity index (χ0) is 50.8. The Balaban J connectivity index is 5.32. The van der Waals surface area contributed by atoms with Crippen LogP contribution in [-0.2, 0) is 27.9 Å². The molecule has 0 spiro atoms. The van der Waals surface area contributed by atoms with Crippen LogP contribution in [0.3, 0.4) is 0 Å². The van der Waals surface area contributed by atoms with Gasteiger partial charge in [0.1, 0.15) is 19.3 Å². The number of hydrogen-bond acceptors (Lipinski definition) is 6. The first kappa shape index (κ1) is 67.0. The van der Waals surface area contributed by atoms with E-state index in [1.54, 1.807) is 0 Å². The molecule has 0 bridgehead atoms. The fourth-order valence-electron chi connectivity index (χ4n) is 8.20. The van der Waals surface area contributed by atoms with Gasteiger partial charge in [0.25, 0.3) is 0 Å². The summed E-state index contributed by atoms with van der Waals surface area (Å²) >= 11 is 0. The van der Waals surface area contributed by atoms with Crippen molar-refractivity contribution in [2.75, 3.05) is 40.9 Å². The van der Waals surface area contributed by atoms with Crippen molar-refractivity contribution in [1.29, 1.82) is 0 Å². The van der Waals surface area contributed by atoms with Crippen molar-refractivity contribution in [3.05, 3.63) is 48.6 Å². The van der Waals surface area contributed by atoms with E-state index in [0.29, 0.717) is 17.4 Å². The number of unbranched alkanes of at least 4 members (excludes halogenated alkanes) is 30. The van der Waals surface area contributed by atoms with Gasteiger partial charge in [-0.15, -0.1) is 0 Å². The van der Waals surface area contributed by atoms with Crippen LogP contribution in [0.1, 0.15) is 265 Å². The Hall–Kier alpha value is -2.03. The van der Waals surface area contributed by atoms with Crippen molar-refractivity contribution in [2.24, 2.45) is 0 Å². The summed E-state index contributed by atoms with van der Waals surface area (Å²) in [6.45, 7) is 6.97. The van der Waals surface area contributed by atoms with E-state index in [4.69, 9.17) is 13.8 Å². The predicted molar refractivity (Wildman–Crippen MR) is 295 cm³/mol. The number of nitrogens with one attached hydrogen (secondary N) is 1. The highest BCUT2D eigenvalue weighted by Crippen LogP contribution is 2.43. The van der Waals surface area contributed by atoms with Crippen molar-refractivity contribution >= 4 is 19.7 Å². The maximum Gasteiger partial charge on any atom is 0.472 e. The SMILES string of the molecule is CCCCC/C=C\C/C=C\CCCCCCCCCC(=O)NC(COP(=O)(O)OCC[N+](C)(C)C)C(/C=C/CCCCCCCCCCC)OC(=O)CCCCCCCCC/C=C\CCCCCC. The van der Waals surface area contributed by atoms with Crippen LogP contribution >= 0.6 is 7.82 Å². The Morgan fingerprint density at radius 1 is 0.507 bits per heavy atom. The number of esters is 1. The first-order chi connectivity index (χ1) is 33.4. The van der Waals surface area contributed by atoms with Crippen molar-refractivity contribution in [3.63, 3.8) is 0 Å². The minimum Gasteiger partial charge on any atom is -0.456 e. The lowest BCUT2D eigenvalue weighted by molar-refractivity contribution is -0.870. The van der Waals surface area contributed by atoms with Crippen LogP contribution in [-0.4, -0.2) is 74.3 Å². The van der Waals surface area contributed by atoms with Crippen molar-refractivity contribution in [1.82, 2.24) is 5.32 Å². The average molecular weight is 993 g/mol. The predicted octanol–water partition coefficient (Wildman–Crippen LogP) is 17.3. The normalized spacial score (nSPS) is 14.1. The summed E-state index contributed by atoms with van der Waals surface area (Å²) in [5.74, 6) is -0.516. The molecule has 0 saturated carbocycles. The van der Waals surface area contributed by atoms with Gasteiger partial charge in [-0.25, -0.2) is 4.57 Å². The van der Waals surface area contributed by atoms with Gasteiger partial charge in [-0.2, -0.15) is 0 Å². The molecular weight excluding hydrogens is 880 g/mol. The molecule has 3 atom stereocenters. The van der Waals surface area contributed by atoms with Gasteiger partial charge in [-0.05, 0) is 89.5 Å². The minimum absolute atomic E-state index is 0.0378. The molecule has 69 heavy (non-hydrogen) atoms. The molecule has 3 unspecified atom stereocenters. The quantitative estimate of drug-likeness (QED) is 0.0205. The lowest BCUT2D eigenvalue weighted by atomic mass is 10.1. The molecular formula is C59H112N2O7P+. The average Bonchev–Trinajstić information content (AvgIpc) is 3.31. The maximum atomic E-state index is 13.5. The largest absolute Gasteiger partial charge is 0.472 e. The number of allylic oxidation sites excluding steroid dienone is 7. The Bertz CT molecular complexity index is 1330. The Morgan fingerprint density at radius 2 is 0.884 bits per heavy atom. The summed E-state index contributed by atoms with van der Waals surface area (Å²) < 4.78 is 30.6. The molecule has 0 rings (SSSR count). The monoisotopic (exact) mass is 992 g/mol. The Morgan fingerprint density at radius 3 is 1.36 bits per heavy atom. The highest BCUT2D eigenvalue weighted by Gasteiger charge is 2.30. The van der Waals surface area contributed by atoms with Crippen LogP contribution in [0.15, 0.2) is 48.6 Å². The summed E-state index contributed by atoms with van der Waals surface area (Å²) in [7, 11) is 1.49. The van der Waals surface area contributed by atoms with Crippen LogP contribution in [0.4, 0.5) is 0 Å². The first-order valence-electron chi connectivity index (χ1n) is 29.0. The molecule has 0 heterocycles. The number of phosphoric acid groups is 1. The van der Waals surface area contributed by atoms with E-state index in [2.05, 4.69) is 62.5 Å². The third-order valence-corrected chi connectivity index (χ3v) is 13.7. The number of carbonyl (C=O) groups is 2. The molecule has 0 aliphatic heterocycles. The van der Waals surface area contributed by atoms with Gasteiger partial charge in [0, 0.05) is 12.8 Å². The van der Waals surface area contributed by atoms with Crippen molar-refractivity contribution in [2.45, 2.75) is 277 Å². The fraction of sp³-hybridized carbons (Fsp3) is 0.831. The number of carbonyl (C=O) groups excluding carboxylic acids is 2. The zero-order valence-corrected chi connectivity index (χ0v) is 47.0. The van der Waals surface area contributed by atoms with Gasteiger partial charge in [-0.1, -0.05) is 211 Å². The van der Waals surface area contributed by atoms with Crippen molar-refractivity contribution in [3.8, 4) is 0 Å². The minimum atomic E-state index is -4.44. The number of ether oxygens (including phenoxy) is 1. The van der Waals surface area contributed by atoms with Gasteiger partial charge in [-0.3, -0.25) is 18.6 Å². The molecule has 0 aromatic heterocycles. The van der Waals surface area contributed by atoms with Crippen molar-refractivity contribution < 1.29 is 37.3 Å². The van der Waals surface area contributed by atoms with Gasteiger partial charge in [0.2, 0.25) is 5.91 Å². The van der Waals surface area contributed by atoms with E-state index in [0.717, 1.165) is 83.5 Å². The molecule has 0 aromatic carbocycles. The molecule has 0 aliphatic carbocycles. The smallest absolute Gasteiger partial charge is 0.456 e. The van der Waals surface area contributed by atoms with Crippen LogP contribution in [0.25, 0.3) is 0 Å². The number of likely N-dealkylation sites (N-methyl/N-ethyl adjacent to an activating group) is 1. The third kappa shape index (κ3) is 50.7. The molecule has 0 saturated heterocycles. The maximum absolute atomic E-state index is 13.5. The zero-order valence-electron chi connectivity index (χ0n) is 46.1. The molecule has 1 amide bonds. The highest BCUT2D eigenvalue weighted by atomic mass is 31.2. The second-order valence-corrected chi connectivity index (χ2v) is 22.3. The summed E-state index contributed by atoms with van der Waals surface area (Å²) in [5.41, 5.74) is 0. The highest BCUT2D eigenvalue weighted by molar-refractivity contribution is 7.47. The summed E-state index contributed by atoms with van der Waals surface area (Å²) in [6, 6.07) is -0.852. The lowest BCUT2D eigenvalue weighted by Crippen LogP contribution is -2.47. The van der Waals surface area contributed by atoms with E-state index in [1.165, 1.54) is 148 Å². The van der Waals surface area contributed by atoms with E-state index < -0.39 is 20.0 Å². The third-order valence-electron chi connectivity index (χ3n) is 12.7. The number of nitrogens with zero attached hydrogens (tertiary/aromatic N) is 1. The molecule has 0 aromatic rings. The van der Waals surface area contributed by atoms with Gasteiger partial charge < -0.3 is 19.4 Å². The van der Waals surface area contributed by atoms with Crippen LogP contribution in [0, 0.1) is 0 Å². The van der Waals surface area contributed by atoms with Gasteiger partial charge >= 0.3 is 13.8 Å². The van der Waals surface area contributed by atoms with Gasteiger partial charge in [0.15, 0.2) is 0 Å². The topological polar surface area (TPSA) is 111 Å². The molecule has 0 fully saturated rings. The number of hydrogen-bond donors (Lipinski definition) is 2. The van der Waals surface area contributed by atoms with E-state index in [9.17, 15) is 19.0 Å². The summed E-state index contributed by atoms with van der Waals surface area (Å²) in [6.07, 6.45) is 59.5. The second-order valence-electron chi connectivity index (χ2n) is 20.8. The number of rotatable bonds is 52. The van der Waals surface area contributed by atoms with E-state index >= 15 is 0 Å². The first-order valence-corrected chi connectivity index (χ1v) is 30.5. The van der Waals surface area contributed by atoms with E-state index in [-0.39, 0.29) is 31.5 Å². The summed E-state index contributed by atoms with van der Waals surface area (Å²) in [5, 5.41) is 3.04. The van der Waals surface area contributed by atoms with Crippen LogP contribution < -0.4 is 5.32 Å². The lowest BCUT2D eigenvalue weighted by Gasteiger charge is -2.27. The molecule has 2 N–H and O–H groups in total. The molecule has 0 aliphatic rings. The summed E-state index contributed by atoms with van der Waals surface area (Å²) in [4.78, 5) is 37.6. The molecule has 10 heteroatoms. The standard InChI is InChI=1S/C59H111N2O7P/c1-7-10-13-16-19-22-25-27-29-30-32-33-36-39-42-45-48-51-58(62)60-56(55-67-69(64,65)66-54-53-61(4,5)6)57(50-47-44-41-38-35-24-21-18-15-12-9-3)68-59(63)52-49-46-43-40-37-34-31-28-26-23-20-17-14-11-8-2/h19,22-23,26-27,29,47,50,56-57H,7-18,20-21,24-25,28,30-46,48-49,51-55H2,1-6H3,(H-,60,62,64,65)/p+1/b22-19-,26-23-,29-27-,50-47+. The Labute approximate surface area is 427 Å². The van der Waals surface area contributed by atoms with E-state index in [1.807, 2.05) is 33.3 Å². The molecule has 9 nitrogen and oxygen atoms in total.